The number of benzene rings is 1. The van der Waals surface area contributed by atoms with Gasteiger partial charge in [-0.2, -0.15) is 0 Å². The summed E-state index contributed by atoms with van der Waals surface area (Å²) >= 11 is 3.32. The largest absolute Gasteiger partial charge is 0.452 e. The van der Waals surface area contributed by atoms with Crippen molar-refractivity contribution in [2.75, 3.05) is 0 Å². The molecule has 1 aromatic carbocycles. The van der Waals surface area contributed by atoms with Crippen LogP contribution in [0.2, 0.25) is 0 Å². The molecule has 0 aliphatic rings. The molecule has 0 saturated heterocycles. The van der Waals surface area contributed by atoms with E-state index in [0.717, 1.165) is 5.76 Å². The summed E-state index contributed by atoms with van der Waals surface area (Å²) in [7, 11) is 0. The number of nitrogens with two attached hydrogens (primary N) is 1. The van der Waals surface area contributed by atoms with Crippen LogP contribution in [0.3, 0.4) is 0 Å². The van der Waals surface area contributed by atoms with Gasteiger partial charge in [0.25, 0.3) is 0 Å². The molecule has 2 aromatic rings. The Morgan fingerprint density at radius 2 is 1.61 bits per heavy atom. The van der Waals surface area contributed by atoms with Crippen molar-refractivity contribution >= 4 is 15.9 Å². The minimum atomic E-state index is -0.213. The van der Waals surface area contributed by atoms with Gasteiger partial charge in [0, 0.05) is 0 Å². The summed E-state index contributed by atoms with van der Waals surface area (Å²) in [4.78, 5) is 0. The molecule has 0 aliphatic heterocycles. The van der Waals surface area contributed by atoms with Crippen molar-refractivity contribution in [2.45, 2.75) is 33.7 Å². The van der Waals surface area contributed by atoms with E-state index in [4.69, 9.17) is 10.2 Å². The van der Waals surface area contributed by atoms with Gasteiger partial charge < -0.3 is 10.2 Å². The van der Waals surface area contributed by atoms with Crippen LogP contribution >= 0.6 is 15.9 Å². The van der Waals surface area contributed by atoms with Crippen LogP contribution in [-0.4, -0.2) is 0 Å². The zero-order valence-corrected chi connectivity index (χ0v) is 12.8. The molecule has 0 saturated carbocycles. The SMILES string of the molecule is Cc1cc(C)c(C)c(C(N)c2ccc(Br)o2)c1C. The van der Waals surface area contributed by atoms with Gasteiger partial charge in [-0.15, -0.1) is 0 Å². The fraction of sp³-hybridized carbons (Fsp3) is 0.333. The Kier molecular flexibility index (Phi) is 3.64. The number of hydrogen-bond acceptors (Lipinski definition) is 2. The van der Waals surface area contributed by atoms with Gasteiger partial charge in [0.05, 0.1) is 6.04 Å². The molecule has 1 unspecified atom stereocenters. The predicted molar refractivity (Wildman–Crippen MR) is 77.8 cm³/mol. The van der Waals surface area contributed by atoms with Crippen molar-refractivity contribution in [3.8, 4) is 0 Å². The summed E-state index contributed by atoms with van der Waals surface area (Å²) in [6.45, 7) is 8.48. The summed E-state index contributed by atoms with van der Waals surface area (Å²) in [6.07, 6.45) is 0. The highest BCUT2D eigenvalue weighted by Crippen LogP contribution is 2.31. The molecule has 0 bridgehead atoms. The molecule has 0 aliphatic carbocycles. The van der Waals surface area contributed by atoms with Crippen molar-refractivity contribution in [3.63, 3.8) is 0 Å². The molecule has 0 radical (unpaired) electrons. The second-order valence-electron chi connectivity index (χ2n) is 4.79. The van der Waals surface area contributed by atoms with Crippen LogP contribution in [0.1, 0.15) is 39.6 Å². The fourth-order valence-electron chi connectivity index (χ4n) is 2.35. The van der Waals surface area contributed by atoms with Crippen molar-refractivity contribution in [1.82, 2.24) is 0 Å². The Morgan fingerprint density at radius 3 is 2.06 bits per heavy atom. The quantitative estimate of drug-likeness (QED) is 0.897. The van der Waals surface area contributed by atoms with Gasteiger partial charge in [-0.25, -0.2) is 0 Å². The van der Waals surface area contributed by atoms with Gasteiger partial charge in [-0.05, 0) is 83.6 Å². The maximum absolute atomic E-state index is 6.35. The first-order valence-electron chi connectivity index (χ1n) is 6.00. The number of furan rings is 1. The molecular formula is C15H18BrNO. The molecule has 2 N–H and O–H groups in total. The molecule has 2 nitrogen and oxygen atoms in total. The van der Waals surface area contributed by atoms with E-state index in [9.17, 15) is 0 Å². The first kappa shape index (κ1) is 13.4. The Balaban J connectivity index is 2.57. The zero-order valence-electron chi connectivity index (χ0n) is 11.2. The molecular weight excluding hydrogens is 290 g/mol. The van der Waals surface area contributed by atoms with E-state index < -0.39 is 0 Å². The fourth-order valence-corrected chi connectivity index (χ4v) is 2.67. The van der Waals surface area contributed by atoms with Crippen LogP contribution in [-0.2, 0) is 0 Å². The second kappa shape index (κ2) is 4.90. The second-order valence-corrected chi connectivity index (χ2v) is 5.58. The van der Waals surface area contributed by atoms with Crippen molar-refractivity contribution < 1.29 is 4.42 Å². The summed E-state index contributed by atoms with van der Waals surface area (Å²) in [6, 6.07) is 5.79. The van der Waals surface area contributed by atoms with Gasteiger partial charge in [0.1, 0.15) is 5.76 Å². The summed E-state index contributed by atoms with van der Waals surface area (Å²) in [5, 5.41) is 0. The van der Waals surface area contributed by atoms with Gasteiger partial charge in [-0.1, -0.05) is 6.07 Å². The Labute approximate surface area is 116 Å². The van der Waals surface area contributed by atoms with Gasteiger partial charge >= 0.3 is 0 Å². The molecule has 0 amide bonds. The van der Waals surface area contributed by atoms with Crippen LogP contribution in [0, 0.1) is 27.7 Å². The molecule has 1 heterocycles. The first-order valence-corrected chi connectivity index (χ1v) is 6.79. The third-order valence-electron chi connectivity index (χ3n) is 3.64. The summed E-state index contributed by atoms with van der Waals surface area (Å²) < 4.78 is 6.30. The highest BCUT2D eigenvalue weighted by Gasteiger charge is 2.19. The smallest absolute Gasteiger partial charge is 0.169 e. The van der Waals surface area contributed by atoms with Crippen molar-refractivity contribution in [3.05, 3.63) is 56.4 Å². The maximum Gasteiger partial charge on any atom is 0.169 e. The van der Waals surface area contributed by atoms with Crippen LogP contribution in [0.25, 0.3) is 0 Å². The van der Waals surface area contributed by atoms with Gasteiger partial charge in [0.15, 0.2) is 4.67 Å². The highest BCUT2D eigenvalue weighted by atomic mass is 79.9. The first-order chi connectivity index (χ1) is 8.41. The molecule has 1 aromatic heterocycles. The standard InChI is InChI=1S/C15H18BrNO/c1-8-7-9(2)11(4)14(10(8)3)15(17)12-5-6-13(16)18-12/h5-7,15H,17H2,1-4H3. The minimum Gasteiger partial charge on any atom is -0.452 e. The van der Waals surface area contributed by atoms with E-state index in [-0.39, 0.29) is 6.04 Å². The topological polar surface area (TPSA) is 39.2 Å². The molecule has 0 spiro atoms. The predicted octanol–water partition coefficient (Wildman–Crippen LogP) is 4.32. The Morgan fingerprint density at radius 1 is 1.06 bits per heavy atom. The molecule has 2 rings (SSSR count). The van der Waals surface area contributed by atoms with Gasteiger partial charge in [0.2, 0.25) is 0 Å². The monoisotopic (exact) mass is 307 g/mol. The van der Waals surface area contributed by atoms with Crippen molar-refractivity contribution in [2.24, 2.45) is 5.73 Å². The molecule has 1 atom stereocenters. The third kappa shape index (κ3) is 2.25. The average molecular weight is 308 g/mol. The number of halogens is 1. The van der Waals surface area contributed by atoms with E-state index in [2.05, 4.69) is 49.7 Å². The van der Waals surface area contributed by atoms with Crippen LogP contribution in [0.5, 0.6) is 0 Å². The third-order valence-corrected chi connectivity index (χ3v) is 4.06. The normalized spacial score (nSPS) is 12.8. The minimum absolute atomic E-state index is 0.213. The summed E-state index contributed by atoms with van der Waals surface area (Å²) in [5.74, 6) is 0.790. The zero-order chi connectivity index (χ0) is 13.4. The molecule has 3 heteroatoms. The average Bonchev–Trinajstić information content (AvgIpc) is 2.73. The summed E-state index contributed by atoms with van der Waals surface area (Å²) in [5.41, 5.74) is 12.6. The Hall–Kier alpha value is -1.06. The van der Waals surface area contributed by atoms with Crippen LogP contribution in [0.4, 0.5) is 0 Å². The Bertz CT molecular complexity index is 560. The maximum atomic E-state index is 6.35. The molecule has 0 fully saturated rings. The molecule has 18 heavy (non-hydrogen) atoms. The lowest BCUT2D eigenvalue weighted by atomic mass is 9.89. The van der Waals surface area contributed by atoms with E-state index in [0.29, 0.717) is 4.67 Å². The number of rotatable bonds is 2. The van der Waals surface area contributed by atoms with E-state index in [1.807, 2.05) is 12.1 Å². The van der Waals surface area contributed by atoms with E-state index in [1.54, 1.807) is 0 Å². The highest BCUT2D eigenvalue weighted by molar-refractivity contribution is 9.10. The van der Waals surface area contributed by atoms with Crippen molar-refractivity contribution in [1.29, 1.82) is 0 Å². The lowest BCUT2D eigenvalue weighted by Gasteiger charge is -2.19. The molecule has 96 valence electrons. The van der Waals surface area contributed by atoms with Crippen LogP contribution in [0.15, 0.2) is 27.3 Å². The van der Waals surface area contributed by atoms with Crippen LogP contribution < -0.4 is 5.73 Å². The number of aryl methyl sites for hydroxylation is 2. The number of hydrogen-bond donors (Lipinski definition) is 1. The van der Waals surface area contributed by atoms with E-state index >= 15 is 0 Å². The van der Waals surface area contributed by atoms with E-state index in [1.165, 1.54) is 27.8 Å². The lowest BCUT2D eigenvalue weighted by Crippen LogP contribution is -2.15. The lowest BCUT2D eigenvalue weighted by molar-refractivity contribution is 0.469. The van der Waals surface area contributed by atoms with Gasteiger partial charge in [-0.3, -0.25) is 0 Å².